The summed E-state index contributed by atoms with van der Waals surface area (Å²) in [6, 6.07) is 8.50. The Hall–Kier alpha value is -2.07. The Morgan fingerprint density at radius 3 is 2.83 bits per heavy atom. The maximum Gasteiger partial charge on any atom is 0.255 e. The minimum atomic E-state index is -0.243. The maximum absolute atomic E-state index is 12.0. The summed E-state index contributed by atoms with van der Waals surface area (Å²) in [6.45, 7) is 1.85. The molecule has 0 bridgehead atoms. The zero-order chi connectivity index (χ0) is 13.1. The molecule has 0 unspecified atom stereocenters. The number of carbonyl (C=O) groups is 1. The van der Waals surface area contributed by atoms with E-state index in [9.17, 15) is 4.79 Å². The molecular weight excluding hydrogens is 250 g/mol. The number of aromatic nitrogens is 1. The largest absolute Gasteiger partial charge is 0.399 e. The average molecular weight is 262 g/mol. The smallest absolute Gasteiger partial charge is 0.255 e. The number of halogens is 1. The Morgan fingerprint density at radius 1 is 1.39 bits per heavy atom. The molecule has 0 aliphatic carbocycles. The van der Waals surface area contributed by atoms with Crippen molar-refractivity contribution in [3.8, 4) is 0 Å². The molecule has 18 heavy (non-hydrogen) atoms. The third kappa shape index (κ3) is 2.60. The molecule has 2 rings (SSSR count). The summed E-state index contributed by atoms with van der Waals surface area (Å²) in [6.07, 6.45) is 1.56. The average Bonchev–Trinajstić information content (AvgIpc) is 2.35. The molecule has 0 aliphatic heterocycles. The Kier molecular flexibility index (Phi) is 3.48. The minimum absolute atomic E-state index is 0.243. The van der Waals surface area contributed by atoms with Gasteiger partial charge in [0, 0.05) is 17.4 Å². The molecular formula is C13H12ClN3O. The third-order valence-corrected chi connectivity index (χ3v) is 2.84. The van der Waals surface area contributed by atoms with E-state index >= 15 is 0 Å². The molecule has 1 amide bonds. The normalized spacial score (nSPS) is 10.1. The molecule has 0 aliphatic rings. The monoisotopic (exact) mass is 261 g/mol. The lowest BCUT2D eigenvalue weighted by Gasteiger charge is -2.07. The summed E-state index contributed by atoms with van der Waals surface area (Å²) in [5.74, 6) is -0.243. The molecule has 1 aromatic heterocycles. The first-order valence-corrected chi connectivity index (χ1v) is 5.73. The predicted molar refractivity (Wildman–Crippen MR) is 72.8 cm³/mol. The van der Waals surface area contributed by atoms with Crippen LogP contribution < -0.4 is 11.1 Å². The van der Waals surface area contributed by atoms with E-state index in [-0.39, 0.29) is 11.1 Å². The standard InChI is InChI=1S/C13H12ClN3O/c1-8-7-9(4-5-10(8)15)13(18)17-11-3-2-6-16-12(11)14/h2-7H,15H2,1H3,(H,17,18). The molecule has 4 nitrogen and oxygen atoms in total. The zero-order valence-corrected chi connectivity index (χ0v) is 10.5. The van der Waals surface area contributed by atoms with Crippen LogP contribution in [0.15, 0.2) is 36.5 Å². The molecule has 1 aromatic carbocycles. The van der Waals surface area contributed by atoms with Crippen molar-refractivity contribution >= 4 is 28.9 Å². The molecule has 5 heteroatoms. The molecule has 92 valence electrons. The van der Waals surface area contributed by atoms with Gasteiger partial charge in [0.15, 0.2) is 5.15 Å². The van der Waals surface area contributed by atoms with E-state index in [2.05, 4.69) is 10.3 Å². The highest BCUT2D eigenvalue weighted by Gasteiger charge is 2.09. The Morgan fingerprint density at radius 2 is 2.17 bits per heavy atom. The van der Waals surface area contributed by atoms with Crippen LogP contribution in [-0.2, 0) is 0 Å². The maximum atomic E-state index is 12.0. The Labute approximate surface area is 110 Å². The van der Waals surface area contributed by atoms with Gasteiger partial charge < -0.3 is 11.1 Å². The lowest BCUT2D eigenvalue weighted by Crippen LogP contribution is -2.12. The third-order valence-electron chi connectivity index (χ3n) is 2.54. The second-order valence-corrected chi connectivity index (χ2v) is 4.23. The first-order valence-electron chi connectivity index (χ1n) is 5.36. The van der Waals surface area contributed by atoms with Gasteiger partial charge in [-0.05, 0) is 42.8 Å². The number of nitrogen functional groups attached to an aromatic ring is 1. The van der Waals surface area contributed by atoms with Gasteiger partial charge in [-0.2, -0.15) is 0 Å². The number of hydrogen-bond donors (Lipinski definition) is 2. The van der Waals surface area contributed by atoms with Gasteiger partial charge in [0.05, 0.1) is 5.69 Å². The van der Waals surface area contributed by atoms with Crippen LogP contribution in [0.2, 0.25) is 5.15 Å². The van der Waals surface area contributed by atoms with Gasteiger partial charge in [-0.3, -0.25) is 4.79 Å². The highest BCUT2D eigenvalue weighted by molar-refractivity contribution is 6.32. The van der Waals surface area contributed by atoms with Crippen molar-refractivity contribution in [2.75, 3.05) is 11.1 Å². The van der Waals surface area contributed by atoms with Gasteiger partial charge in [-0.15, -0.1) is 0 Å². The first kappa shape index (κ1) is 12.4. The quantitative estimate of drug-likeness (QED) is 0.645. The van der Waals surface area contributed by atoms with Crippen LogP contribution in [0, 0.1) is 6.92 Å². The predicted octanol–water partition coefficient (Wildman–Crippen LogP) is 2.88. The van der Waals surface area contributed by atoms with E-state index in [1.54, 1.807) is 36.5 Å². The number of nitrogens with one attached hydrogen (secondary N) is 1. The SMILES string of the molecule is Cc1cc(C(=O)Nc2cccnc2Cl)ccc1N. The molecule has 0 spiro atoms. The van der Waals surface area contributed by atoms with E-state index in [4.69, 9.17) is 17.3 Å². The van der Waals surface area contributed by atoms with E-state index in [1.165, 1.54) is 0 Å². The number of anilines is 2. The Balaban J connectivity index is 2.22. The molecule has 0 saturated heterocycles. The van der Waals surface area contributed by atoms with Crippen LogP contribution in [0.25, 0.3) is 0 Å². The van der Waals surface area contributed by atoms with Crippen LogP contribution in [-0.4, -0.2) is 10.9 Å². The van der Waals surface area contributed by atoms with Crippen LogP contribution >= 0.6 is 11.6 Å². The van der Waals surface area contributed by atoms with Crippen molar-refractivity contribution < 1.29 is 4.79 Å². The van der Waals surface area contributed by atoms with Gasteiger partial charge in [0.25, 0.3) is 5.91 Å². The fourth-order valence-electron chi connectivity index (χ4n) is 1.49. The van der Waals surface area contributed by atoms with Gasteiger partial charge in [-0.1, -0.05) is 11.6 Å². The number of amides is 1. The highest BCUT2D eigenvalue weighted by Crippen LogP contribution is 2.19. The van der Waals surface area contributed by atoms with Gasteiger partial charge >= 0.3 is 0 Å². The number of pyridine rings is 1. The lowest BCUT2D eigenvalue weighted by molar-refractivity contribution is 0.102. The summed E-state index contributed by atoms with van der Waals surface area (Å²) in [5.41, 5.74) is 8.24. The first-order chi connectivity index (χ1) is 8.58. The molecule has 3 N–H and O–H groups in total. The number of benzene rings is 1. The van der Waals surface area contributed by atoms with Gasteiger partial charge in [-0.25, -0.2) is 4.98 Å². The van der Waals surface area contributed by atoms with Crippen molar-refractivity contribution in [3.63, 3.8) is 0 Å². The van der Waals surface area contributed by atoms with E-state index < -0.39 is 0 Å². The van der Waals surface area contributed by atoms with Crippen LogP contribution in [0.1, 0.15) is 15.9 Å². The topological polar surface area (TPSA) is 68.0 Å². The summed E-state index contributed by atoms with van der Waals surface area (Å²) in [5, 5.41) is 2.96. The number of hydrogen-bond acceptors (Lipinski definition) is 3. The van der Waals surface area contributed by atoms with Gasteiger partial charge in [0.1, 0.15) is 0 Å². The molecule has 1 heterocycles. The fourth-order valence-corrected chi connectivity index (χ4v) is 1.66. The lowest BCUT2D eigenvalue weighted by atomic mass is 10.1. The van der Waals surface area contributed by atoms with Crippen molar-refractivity contribution in [3.05, 3.63) is 52.8 Å². The van der Waals surface area contributed by atoms with Crippen molar-refractivity contribution in [2.45, 2.75) is 6.92 Å². The molecule has 0 fully saturated rings. The number of carbonyl (C=O) groups excluding carboxylic acids is 1. The van der Waals surface area contributed by atoms with Crippen molar-refractivity contribution in [2.24, 2.45) is 0 Å². The summed E-state index contributed by atoms with van der Waals surface area (Å²) >= 11 is 5.87. The number of aryl methyl sites for hydroxylation is 1. The zero-order valence-electron chi connectivity index (χ0n) is 9.77. The number of nitrogens with two attached hydrogens (primary N) is 1. The highest BCUT2D eigenvalue weighted by atomic mass is 35.5. The number of rotatable bonds is 2. The van der Waals surface area contributed by atoms with Crippen LogP contribution in [0.3, 0.4) is 0 Å². The molecule has 0 saturated carbocycles. The van der Waals surface area contributed by atoms with Crippen LogP contribution in [0.5, 0.6) is 0 Å². The molecule has 0 radical (unpaired) electrons. The summed E-state index contributed by atoms with van der Waals surface area (Å²) in [7, 11) is 0. The van der Waals surface area contributed by atoms with E-state index in [1.807, 2.05) is 6.92 Å². The molecule has 0 atom stereocenters. The second kappa shape index (κ2) is 5.06. The van der Waals surface area contributed by atoms with Crippen LogP contribution in [0.4, 0.5) is 11.4 Å². The minimum Gasteiger partial charge on any atom is -0.399 e. The Bertz CT molecular complexity index is 599. The van der Waals surface area contributed by atoms with Crippen molar-refractivity contribution in [1.82, 2.24) is 4.98 Å². The molecule has 2 aromatic rings. The van der Waals surface area contributed by atoms with E-state index in [0.29, 0.717) is 16.9 Å². The summed E-state index contributed by atoms with van der Waals surface area (Å²) in [4.78, 5) is 15.9. The fraction of sp³-hybridized carbons (Fsp3) is 0.0769. The van der Waals surface area contributed by atoms with E-state index in [0.717, 1.165) is 5.56 Å². The summed E-state index contributed by atoms with van der Waals surface area (Å²) < 4.78 is 0. The van der Waals surface area contributed by atoms with Crippen molar-refractivity contribution in [1.29, 1.82) is 0 Å². The number of nitrogens with zero attached hydrogens (tertiary/aromatic N) is 1. The van der Waals surface area contributed by atoms with Gasteiger partial charge in [0.2, 0.25) is 0 Å². The second-order valence-electron chi connectivity index (χ2n) is 3.87.